The fourth-order valence-corrected chi connectivity index (χ4v) is 3.59. The average Bonchev–Trinajstić information content (AvgIpc) is 2.33. The molecule has 0 aliphatic heterocycles. The lowest BCUT2D eigenvalue weighted by Gasteiger charge is -2.14. The van der Waals surface area contributed by atoms with Crippen molar-refractivity contribution in [3.63, 3.8) is 0 Å². The largest absolute Gasteiger partial charge is 0.279 e. The second-order valence-electron chi connectivity index (χ2n) is 4.45. The number of para-hydroxylation sites is 1. The molecule has 0 unspecified atom stereocenters. The molecule has 0 saturated carbocycles. The van der Waals surface area contributed by atoms with Crippen LogP contribution in [0.15, 0.2) is 41.3 Å². The molecule has 0 spiro atoms. The van der Waals surface area contributed by atoms with E-state index in [0.717, 1.165) is 29.3 Å². The number of halogens is 2. The first kappa shape index (κ1) is 14.8. The van der Waals surface area contributed by atoms with E-state index in [0.29, 0.717) is 5.69 Å². The Morgan fingerprint density at radius 2 is 1.70 bits per heavy atom. The second kappa shape index (κ2) is 5.42. The Labute approximate surface area is 122 Å². The standard InChI is InChI=1S/C14H13ClFNO2S/c1-9-4-3-5-10(2)14(9)17-20(18,19)13-7-6-11(16)8-12(13)15/h3-8,17H,1-2H3. The summed E-state index contributed by atoms with van der Waals surface area (Å²) in [5.41, 5.74) is 2.10. The molecule has 1 N–H and O–H groups in total. The highest BCUT2D eigenvalue weighted by Crippen LogP contribution is 2.27. The minimum Gasteiger partial charge on any atom is -0.279 e. The van der Waals surface area contributed by atoms with Crippen molar-refractivity contribution in [2.75, 3.05) is 4.72 Å². The molecule has 0 atom stereocenters. The quantitative estimate of drug-likeness (QED) is 0.934. The SMILES string of the molecule is Cc1cccc(C)c1NS(=O)(=O)c1ccc(F)cc1Cl. The van der Waals surface area contributed by atoms with Gasteiger partial charge in [0.25, 0.3) is 10.0 Å². The topological polar surface area (TPSA) is 46.2 Å². The van der Waals surface area contributed by atoms with Gasteiger partial charge >= 0.3 is 0 Å². The number of benzene rings is 2. The molecule has 2 aromatic rings. The van der Waals surface area contributed by atoms with Gasteiger partial charge in [-0.15, -0.1) is 0 Å². The summed E-state index contributed by atoms with van der Waals surface area (Å²) in [5.74, 6) is -0.582. The number of nitrogens with one attached hydrogen (secondary N) is 1. The van der Waals surface area contributed by atoms with Crippen molar-refractivity contribution in [3.05, 3.63) is 58.4 Å². The molecular weight excluding hydrogens is 301 g/mol. The van der Waals surface area contributed by atoms with Crippen LogP contribution in [0.2, 0.25) is 5.02 Å². The summed E-state index contributed by atoms with van der Waals surface area (Å²) in [6, 6.07) is 8.63. The molecule has 2 rings (SSSR count). The van der Waals surface area contributed by atoms with Gasteiger partial charge in [0.2, 0.25) is 0 Å². The van der Waals surface area contributed by atoms with Gasteiger partial charge in [-0.2, -0.15) is 0 Å². The van der Waals surface area contributed by atoms with E-state index in [1.165, 1.54) is 0 Å². The smallest absolute Gasteiger partial charge is 0.263 e. The monoisotopic (exact) mass is 313 g/mol. The van der Waals surface area contributed by atoms with Gasteiger partial charge in [0.15, 0.2) is 0 Å². The Morgan fingerprint density at radius 3 is 2.25 bits per heavy atom. The van der Waals surface area contributed by atoms with Crippen molar-refractivity contribution >= 4 is 27.3 Å². The van der Waals surface area contributed by atoms with Crippen LogP contribution in [0.4, 0.5) is 10.1 Å². The molecular formula is C14H13ClFNO2S. The van der Waals surface area contributed by atoms with E-state index in [1.54, 1.807) is 26.0 Å². The fourth-order valence-electron chi connectivity index (χ4n) is 1.86. The Hall–Kier alpha value is -1.59. The molecule has 106 valence electrons. The first-order chi connectivity index (χ1) is 9.31. The molecule has 20 heavy (non-hydrogen) atoms. The highest BCUT2D eigenvalue weighted by molar-refractivity contribution is 7.92. The molecule has 0 aliphatic carbocycles. The summed E-state index contributed by atoms with van der Waals surface area (Å²) in [6.45, 7) is 3.61. The van der Waals surface area contributed by atoms with Crippen molar-refractivity contribution in [2.45, 2.75) is 18.7 Å². The van der Waals surface area contributed by atoms with Crippen LogP contribution < -0.4 is 4.72 Å². The number of aryl methyl sites for hydroxylation is 2. The summed E-state index contributed by atoms with van der Waals surface area (Å²) in [6.07, 6.45) is 0. The average molecular weight is 314 g/mol. The number of anilines is 1. The zero-order chi connectivity index (χ0) is 14.9. The van der Waals surface area contributed by atoms with Crippen molar-refractivity contribution in [1.82, 2.24) is 0 Å². The molecule has 0 heterocycles. The first-order valence-electron chi connectivity index (χ1n) is 5.85. The van der Waals surface area contributed by atoms with Crippen LogP contribution in [0, 0.1) is 19.7 Å². The van der Waals surface area contributed by atoms with E-state index < -0.39 is 15.8 Å². The Morgan fingerprint density at radius 1 is 1.10 bits per heavy atom. The van der Waals surface area contributed by atoms with Crippen molar-refractivity contribution in [2.24, 2.45) is 0 Å². The van der Waals surface area contributed by atoms with Gasteiger partial charge in [-0.3, -0.25) is 4.72 Å². The Kier molecular flexibility index (Phi) is 4.01. The maximum absolute atomic E-state index is 13.0. The van der Waals surface area contributed by atoms with E-state index in [2.05, 4.69) is 4.72 Å². The van der Waals surface area contributed by atoms with Crippen molar-refractivity contribution in [3.8, 4) is 0 Å². The normalized spacial score (nSPS) is 11.4. The van der Waals surface area contributed by atoms with Crippen LogP contribution in [0.3, 0.4) is 0 Å². The molecule has 0 bridgehead atoms. The van der Waals surface area contributed by atoms with Crippen molar-refractivity contribution < 1.29 is 12.8 Å². The maximum atomic E-state index is 13.0. The summed E-state index contributed by atoms with van der Waals surface area (Å²) < 4.78 is 40.1. The molecule has 3 nitrogen and oxygen atoms in total. The second-order valence-corrected chi connectivity index (χ2v) is 6.51. The third-order valence-electron chi connectivity index (χ3n) is 2.90. The molecule has 0 aromatic heterocycles. The van der Waals surface area contributed by atoms with Crippen molar-refractivity contribution in [1.29, 1.82) is 0 Å². The van der Waals surface area contributed by atoms with Gasteiger partial charge in [-0.25, -0.2) is 12.8 Å². The van der Waals surface area contributed by atoms with Crippen LogP contribution in [-0.2, 0) is 10.0 Å². The number of rotatable bonds is 3. The number of hydrogen-bond donors (Lipinski definition) is 1. The Balaban J connectivity index is 2.46. The molecule has 0 saturated heterocycles. The summed E-state index contributed by atoms with van der Waals surface area (Å²) in [7, 11) is -3.85. The third-order valence-corrected chi connectivity index (χ3v) is 4.73. The molecule has 2 aromatic carbocycles. The van der Waals surface area contributed by atoms with Gasteiger partial charge in [0.05, 0.1) is 10.7 Å². The molecule has 0 amide bonds. The zero-order valence-electron chi connectivity index (χ0n) is 10.9. The summed E-state index contributed by atoms with van der Waals surface area (Å²) in [4.78, 5) is -0.150. The summed E-state index contributed by atoms with van der Waals surface area (Å²) in [5, 5.41) is -0.149. The third kappa shape index (κ3) is 2.94. The van der Waals surface area contributed by atoms with Gasteiger partial charge in [-0.05, 0) is 43.2 Å². The zero-order valence-corrected chi connectivity index (χ0v) is 12.5. The minimum absolute atomic E-state index is 0.149. The van der Waals surface area contributed by atoms with Gasteiger partial charge in [0, 0.05) is 0 Å². The Bertz CT molecular complexity index is 740. The van der Waals surface area contributed by atoms with Gasteiger partial charge < -0.3 is 0 Å². The predicted molar refractivity (Wildman–Crippen MR) is 78.1 cm³/mol. The van der Waals surface area contributed by atoms with E-state index in [1.807, 2.05) is 6.07 Å². The predicted octanol–water partition coefficient (Wildman–Crippen LogP) is 3.90. The lowest BCUT2D eigenvalue weighted by Crippen LogP contribution is -2.15. The van der Waals surface area contributed by atoms with Gasteiger partial charge in [-0.1, -0.05) is 29.8 Å². The van der Waals surface area contributed by atoms with E-state index >= 15 is 0 Å². The highest BCUT2D eigenvalue weighted by atomic mass is 35.5. The molecule has 0 fully saturated rings. The first-order valence-corrected chi connectivity index (χ1v) is 7.71. The van der Waals surface area contributed by atoms with E-state index in [9.17, 15) is 12.8 Å². The molecule has 6 heteroatoms. The van der Waals surface area contributed by atoms with Crippen LogP contribution in [0.25, 0.3) is 0 Å². The number of sulfonamides is 1. The number of hydrogen-bond acceptors (Lipinski definition) is 2. The van der Waals surface area contributed by atoms with Gasteiger partial charge in [0.1, 0.15) is 10.7 Å². The minimum atomic E-state index is -3.85. The molecule has 0 aliphatic rings. The lowest BCUT2D eigenvalue weighted by molar-refractivity contribution is 0.599. The fraction of sp³-hybridized carbons (Fsp3) is 0.143. The van der Waals surface area contributed by atoms with E-state index in [4.69, 9.17) is 11.6 Å². The summed E-state index contributed by atoms with van der Waals surface area (Å²) >= 11 is 5.80. The van der Waals surface area contributed by atoms with Crippen LogP contribution in [-0.4, -0.2) is 8.42 Å². The van der Waals surface area contributed by atoms with Crippen LogP contribution in [0.1, 0.15) is 11.1 Å². The van der Waals surface area contributed by atoms with E-state index in [-0.39, 0.29) is 9.92 Å². The lowest BCUT2D eigenvalue weighted by atomic mass is 10.1. The highest BCUT2D eigenvalue weighted by Gasteiger charge is 2.20. The van der Waals surface area contributed by atoms with Crippen LogP contribution in [0.5, 0.6) is 0 Å². The molecule has 0 radical (unpaired) electrons. The maximum Gasteiger partial charge on any atom is 0.263 e. The van der Waals surface area contributed by atoms with Crippen LogP contribution >= 0.6 is 11.6 Å².